The van der Waals surface area contributed by atoms with Gasteiger partial charge in [-0.25, -0.2) is 4.39 Å². The molecule has 1 nitrogen and oxygen atoms in total. The maximum absolute atomic E-state index is 13.2. The average molecular weight is 306 g/mol. The Morgan fingerprint density at radius 1 is 0.762 bits per heavy atom. The molecular formula is C18H21ClFN. The van der Waals surface area contributed by atoms with Crippen LogP contribution >= 0.6 is 12.4 Å². The fourth-order valence-electron chi connectivity index (χ4n) is 3.07. The lowest BCUT2D eigenvalue weighted by Gasteiger charge is -2.35. The summed E-state index contributed by atoms with van der Waals surface area (Å²) in [5.74, 6) is -0.167. The molecule has 2 aromatic carbocycles. The molecule has 1 atom stereocenters. The fraction of sp³-hybridized carbons (Fsp3) is 0.333. The Balaban J connectivity index is 0.00000161. The molecule has 2 aromatic rings. The van der Waals surface area contributed by atoms with Crippen molar-refractivity contribution in [3.63, 3.8) is 0 Å². The van der Waals surface area contributed by atoms with Gasteiger partial charge in [0, 0.05) is 0 Å². The highest BCUT2D eigenvalue weighted by molar-refractivity contribution is 5.85. The van der Waals surface area contributed by atoms with Gasteiger partial charge >= 0.3 is 0 Å². The lowest BCUT2D eigenvalue weighted by molar-refractivity contribution is 0.187. The minimum Gasteiger partial charge on any atom is -0.292 e. The van der Waals surface area contributed by atoms with Crippen LogP contribution in [0, 0.1) is 5.82 Å². The Labute approximate surface area is 132 Å². The molecule has 1 heterocycles. The molecule has 112 valence electrons. The van der Waals surface area contributed by atoms with E-state index in [4.69, 9.17) is 0 Å². The third-order valence-corrected chi connectivity index (χ3v) is 4.06. The highest BCUT2D eigenvalue weighted by Crippen LogP contribution is 2.31. The first-order chi connectivity index (χ1) is 9.84. The molecule has 0 N–H and O–H groups in total. The van der Waals surface area contributed by atoms with E-state index in [0.29, 0.717) is 0 Å². The predicted molar refractivity (Wildman–Crippen MR) is 87.4 cm³/mol. The molecule has 21 heavy (non-hydrogen) atoms. The summed E-state index contributed by atoms with van der Waals surface area (Å²) in [5.41, 5.74) is 2.47. The summed E-state index contributed by atoms with van der Waals surface area (Å²) in [6.07, 6.45) is 3.83. The Morgan fingerprint density at radius 3 is 1.95 bits per heavy atom. The van der Waals surface area contributed by atoms with E-state index in [1.54, 1.807) is 12.1 Å². The topological polar surface area (TPSA) is 3.24 Å². The van der Waals surface area contributed by atoms with Crippen LogP contribution in [0.1, 0.15) is 36.4 Å². The van der Waals surface area contributed by atoms with E-state index in [1.807, 2.05) is 18.2 Å². The summed E-state index contributed by atoms with van der Waals surface area (Å²) in [5, 5.41) is 0. The van der Waals surface area contributed by atoms with Gasteiger partial charge in [0.05, 0.1) is 6.04 Å². The van der Waals surface area contributed by atoms with Crippen LogP contribution in [0.3, 0.4) is 0 Å². The number of rotatable bonds is 3. The van der Waals surface area contributed by atoms with Crippen molar-refractivity contribution < 1.29 is 4.39 Å². The van der Waals surface area contributed by atoms with Gasteiger partial charge < -0.3 is 0 Å². The van der Waals surface area contributed by atoms with Gasteiger partial charge in [-0.2, -0.15) is 0 Å². The lowest BCUT2D eigenvalue weighted by atomic mass is 9.95. The second kappa shape index (κ2) is 7.58. The summed E-state index contributed by atoms with van der Waals surface area (Å²) < 4.78 is 13.2. The highest BCUT2D eigenvalue weighted by atomic mass is 35.5. The van der Waals surface area contributed by atoms with Gasteiger partial charge in [0.2, 0.25) is 0 Å². The maximum atomic E-state index is 13.2. The fourth-order valence-corrected chi connectivity index (χ4v) is 3.07. The first kappa shape index (κ1) is 16.0. The van der Waals surface area contributed by atoms with Gasteiger partial charge in [0.25, 0.3) is 0 Å². The smallest absolute Gasteiger partial charge is 0.123 e. The molecule has 1 aliphatic rings. The molecule has 1 unspecified atom stereocenters. The van der Waals surface area contributed by atoms with Crippen molar-refractivity contribution in [3.05, 3.63) is 71.5 Å². The molecule has 0 saturated carbocycles. The van der Waals surface area contributed by atoms with E-state index in [0.717, 1.165) is 13.1 Å². The van der Waals surface area contributed by atoms with E-state index in [2.05, 4.69) is 29.2 Å². The molecule has 1 aliphatic heterocycles. The first-order valence-corrected chi connectivity index (χ1v) is 7.39. The van der Waals surface area contributed by atoms with Crippen molar-refractivity contribution in [1.82, 2.24) is 4.90 Å². The minimum atomic E-state index is -0.167. The molecule has 0 spiro atoms. The zero-order valence-corrected chi connectivity index (χ0v) is 12.9. The van der Waals surface area contributed by atoms with Gasteiger partial charge in [-0.1, -0.05) is 48.9 Å². The highest BCUT2D eigenvalue weighted by Gasteiger charge is 2.23. The Kier molecular flexibility index (Phi) is 5.77. The Morgan fingerprint density at radius 2 is 1.33 bits per heavy atom. The van der Waals surface area contributed by atoms with E-state index in [9.17, 15) is 4.39 Å². The third-order valence-electron chi connectivity index (χ3n) is 4.06. The normalized spacial score (nSPS) is 17.0. The van der Waals surface area contributed by atoms with E-state index < -0.39 is 0 Å². The van der Waals surface area contributed by atoms with E-state index in [1.165, 1.54) is 30.4 Å². The molecule has 0 amide bonds. The minimum absolute atomic E-state index is 0. The van der Waals surface area contributed by atoms with Crippen LogP contribution in [0.2, 0.25) is 0 Å². The first-order valence-electron chi connectivity index (χ1n) is 7.39. The summed E-state index contributed by atoms with van der Waals surface area (Å²) in [6.45, 7) is 2.24. The van der Waals surface area contributed by atoms with Crippen LogP contribution in [0.25, 0.3) is 0 Å². The van der Waals surface area contributed by atoms with Crippen LogP contribution < -0.4 is 0 Å². The Hall–Kier alpha value is -1.38. The lowest BCUT2D eigenvalue weighted by Crippen LogP contribution is -2.34. The second-order valence-electron chi connectivity index (χ2n) is 5.46. The molecule has 0 bridgehead atoms. The molecule has 1 fully saturated rings. The van der Waals surface area contributed by atoms with Crippen LogP contribution in [-0.2, 0) is 0 Å². The zero-order chi connectivity index (χ0) is 13.8. The summed E-state index contributed by atoms with van der Waals surface area (Å²) >= 11 is 0. The SMILES string of the molecule is Cl.Fc1ccc(C(c2ccccc2)N2CCCCC2)cc1. The van der Waals surface area contributed by atoms with Crippen molar-refractivity contribution in [2.45, 2.75) is 25.3 Å². The van der Waals surface area contributed by atoms with Gasteiger partial charge in [-0.15, -0.1) is 12.4 Å². The van der Waals surface area contributed by atoms with Crippen molar-refractivity contribution in [3.8, 4) is 0 Å². The van der Waals surface area contributed by atoms with Crippen LogP contribution in [0.15, 0.2) is 54.6 Å². The van der Waals surface area contributed by atoms with Crippen molar-refractivity contribution in [2.24, 2.45) is 0 Å². The molecule has 0 aromatic heterocycles. The number of hydrogen-bond acceptors (Lipinski definition) is 1. The Bertz CT molecular complexity index is 535. The van der Waals surface area contributed by atoms with Crippen molar-refractivity contribution >= 4 is 12.4 Å². The van der Waals surface area contributed by atoms with Crippen molar-refractivity contribution in [1.29, 1.82) is 0 Å². The largest absolute Gasteiger partial charge is 0.292 e. The number of benzene rings is 2. The second-order valence-corrected chi connectivity index (χ2v) is 5.46. The summed E-state index contributed by atoms with van der Waals surface area (Å²) in [4.78, 5) is 2.52. The van der Waals surface area contributed by atoms with Crippen LogP contribution in [0.5, 0.6) is 0 Å². The molecule has 3 rings (SSSR count). The van der Waals surface area contributed by atoms with Gasteiger partial charge in [-0.3, -0.25) is 4.90 Å². The molecular weight excluding hydrogens is 285 g/mol. The average Bonchev–Trinajstić information content (AvgIpc) is 2.52. The summed E-state index contributed by atoms with van der Waals surface area (Å²) in [7, 11) is 0. The van der Waals surface area contributed by atoms with Crippen LogP contribution in [-0.4, -0.2) is 18.0 Å². The van der Waals surface area contributed by atoms with Gasteiger partial charge in [0.15, 0.2) is 0 Å². The standard InChI is InChI=1S/C18H20FN.ClH/c19-17-11-9-16(10-12-17)18(15-7-3-1-4-8-15)20-13-5-2-6-14-20;/h1,3-4,7-12,18H,2,5-6,13-14H2;1H. The molecule has 0 radical (unpaired) electrons. The monoisotopic (exact) mass is 305 g/mol. The number of nitrogens with zero attached hydrogens (tertiary/aromatic N) is 1. The number of likely N-dealkylation sites (tertiary alicyclic amines) is 1. The van der Waals surface area contributed by atoms with Crippen LogP contribution in [0.4, 0.5) is 4.39 Å². The quantitative estimate of drug-likeness (QED) is 0.785. The van der Waals surface area contributed by atoms with E-state index >= 15 is 0 Å². The van der Waals surface area contributed by atoms with Gasteiger partial charge in [0.1, 0.15) is 5.82 Å². The molecule has 3 heteroatoms. The number of halogens is 2. The number of piperidine rings is 1. The number of hydrogen-bond donors (Lipinski definition) is 0. The predicted octanol–water partition coefficient (Wildman–Crippen LogP) is 4.82. The third kappa shape index (κ3) is 3.84. The van der Waals surface area contributed by atoms with Crippen molar-refractivity contribution in [2.75, 3.05) is 13.1 Å². The molecule has 0 aliphatic carbocycles. The van der Waals surface area contributed by atoms with Gasteiger partial charge in [-0.05, 0) is 49.2 Å². The zero-order valence-electron chi connectivity index (χ0n) is 12.0. The maximum Gasteiger partial charge on any atom is 0.123 e. The van der Waals surface area contributed by atoms with E-state index in [-0.39, 0.29) is 24.3 Å². The summed E-state index contributed by atoms with van der Waals surface area (Å²) in [6, 6.07) is 17.8. The molecule has 1 saturated heterocycles.